The number of anilines is 2. The minimum absolute atomic E-state index is 0.0752. The smallest absolute Gasteiger partial charge is 0.351 e. The second-order valence-electron chi connectivity index (χ2n) is 9.64. The first-order chi connectivity index (χ1) is 17.4. The Balaban J connectivity index is 1.60. The molecule has 1 saturated carbocycles. The van der Waals surface area contributed by atoms with Gasteiger partial charge in [0.1, 0.15) is 11.3 Å². The highest BCUT2D eigenvalue weighted by molar-refractivity contribution is 7.92. The number of halogens is 4. The minimum atomic E-state index is -4.64. The van der Waals surface area contributed by atoms with Gasteiger partial charge in [0.2, 0.25) is 16.0 Å². The minimum Gasteiger partial charge on any atom is -0.351 e. The van der Waals surface area contributed by atoms with Gasteiger partial charge in [0.05, 0.1) is 35.3 Å². The third kappa shape index (κ3) is 7.06. The van der Waals surface area contributed by atoms with Crippen LogP contribution in [0, 0.1) is 5.82 Å². The maximum atomic E-state index is 14.8. The van der Waals surface area contributed by atoms with Crippen LogP contribution in [0.4, 0.5) is 29.2 Å². The van der Waals surface area contributed by atoms with E-state index in [-0.39, 0.29) is 5.92 Å². The Hall–Kier alpha value is -3.02. The highest BCUT2D eigenvalue weighted by Crippen LogP contribution is 2.31. The van der Waals surface area contributed by atoms with Gasteiger partial charge in [0, 0.05) is 11.6 Å². The number of alkyl halides is 3. The zero-order valence-electron chi connectivity index (χ0n) is 20.6. The van der Waals surface area contributed by atoms with E-state index in [9.17, 15) is 26.0 Å². The van der Waals surface area contributed by atoms with Crippen molar-refractivity contribution in [3.8, 4) is 11.3 Å². The van der Waals surface area contributed by atoms with Crippen LogP contribution in [0.1, 0.15) is 63.9 Å². The fourth-order valence-electron chi connectivity index (χ4n) is 4.36. The van der Waals surface area contributed by atoms with Gasteiger partial charge >= 0.3 is 6.18 Å². The lowest BCUT2D eigenvalue weighted by molar-refractivity contribution is -0.129. The van der Waals surface area contributed by atoms with Gasteiger partial charge in [-0.15, -0.1) is 0 Å². The zero-order valence-corrected chi connectivity index (χ0v) is 21.4. The molecular formula is C25H29F4N5O2S. The normalized spacial score (nSPS) is 15.3. The third-order valence-electron chi connectivity index (χ3n) is 6.32. The Bertz CT molecular complexity index is 1370. The number of hydrogen-bond acceptors (Lipinski definition) is 6. The number of fused-ring (bicyclic) bond motifs is 1. The summed E-state index contributed by atoms with van der Waals surface area (Å²) >= 11 is 0. The molecule has 0 radical (unpaired) electrons. The summed E-state index contributed by atoms with van der Waals surface area (Å²) in [4.78, 5) is 13.7. The molecule has 200 valence electrons. The van der Waals surface area contributed by atoms with E-state index in [2.05, 4.69) is 15.3 Å². The van der Waals surface area contributed by atoms with Crippen LogP contribution in [0.25, 0.3) is 22.3 Å². The highest BCUT2D eigenvalue weighted by Gasteiger charge is 2.30. The SMILES string of the molecule is CC(C)c1cc(-c2ccc(NS(=O)(=O)CCC(F)(F)F)c(F)c2)nc2cnc(NC3CCCCC3)nc12. The Morgan fingerprint density at radius 2 is 1.81 bits per heavy atom. The van der Waals surface area contributed by atoms with E-state index in [4.69, 9.17) is 4.98 Å². The molecule has 1 aliphatic rings. The van der Waals surface area contributed by atoms with Crippen LogP contribution in [0.5, 0.6) is 0 Å². The number of nitrogens with zero attached hydrogens (tertiary/aromatic N) is 3. The molecule has 0 spiro atoms. The summed E-state index contributed by atoms with van der Waals surface area (Å²) in [5, 5.41) is 3.42. The maximum Gasteiger partial charge on any atom is 0.390 e. The molecule has 0 unspecified atom stereocenters. The average Bonchev–Trinajstić information content (AvgIpc) is 2.83. The van der Waals surface area contributed by atoms with Crippen molar-refractivity contribution in [3.05, 3.63) is 41.8 Å². The van der Waals surface area contributed by atoms with E-state index >= 15 is 0 Å². The van der Waals surface area contributed by atoms with E-state index in [0.717, 1.165) is 24.5 Å². The maximum absolute atomic E-state index is 14.8. The molecule has 0 amide bonds. The van der Waals surface area contributed by atoms with Crippen LogP contribution in [-0.4, -0.2) is 41.3 Å². The van der Waals surface area contributed by atoms with E-state index in [1.807, 2.05) is 24.6 Å². The first-order valence-corrected chi connectivity index (χ1v) is 13.9. The number of sulfonamides is 1. The largest absolute Gasteiger partial charge is 0.390 e. The molecule has 7 nitrogen and oxygen atoms in total. The lowest BCUT2D eigenvalue weighted by atomic mass is 9.96. The summed E-state index contributed by atoms with van der Waals surface area (Å²) in [6, 6.07) is 5.88. The second kappa shape index (κ2) is 10.8. The third-order valence-corrected chi connectivity index (χ3v) is 7.59. The van der Waals surface area contributed by atoms with E-state index in [1.54, 1.807) is 6.20 Å². The van der Waals surface area contributed by atoms with Gasteiger partial charge in [0.25, 0.3) is 0 Å². The number of rotatable bonds is 8. The highest BCUT2D eigenvalue weighted by atomic mass is 32.2. The molecule has 1 fully saturated rings. The van der Waals surface area contributed by atoms with Crippen molar-refractivity contribution in [2.24, 2.45) is 0 Å². The van der Waals surface area contributed by atoms with Gasteiger partial charge < -0.3 is 5.32 Å². The van der Waals surface area contributed by atoms with Crippen molar-refractivity contribution in [1.29, 1.82) is 0 Å². The summed E-state index contributed by atoms with van der Waals surface area (Å²) in [6.07, 6.45) is 1.22. The molecule has 1 aromatic carbocycles. The lowest BCUT2D eigenvalue weighted by Gasteiger charge is -2.23. The Morgan fingerprint density at radius 1 is 1.08 bits per heavy atom. The fourth-order valence-corrected chi connectivity index (χ4v) is 5.46. The topological polar surface area (TPSA) is 96.9 Å². The monoisotopic (exact) mass is 539 g/mol. The second-order valence-corrected chi connectivity index (χ2v) is 11.5. The fraction of sp³-hybridized carbons (Fsp3) is 0.480. The molecule has 1 aliphatic carbocycles. The van der Waals surface area contributed by atoms with Gasteiger partial charge in [-0.2, -0.15) is 13.2 Å². The van der Waals surface area contributed by atoms with Crippen LogP contribution < -0.4 is 10.0 Å². The molecule has 2 N–H and O–H groups in total. The summed E-state index contributed by atoms with van der Waals surface area (Å²) in [6.45, 7) is 4.02. The molecule has 4 rings (SSSR count). The lowest BCUT2D eigenvalue weighted by Crippen LogP contribution is -2.23. The molecule has 3 aromatic rings. The predicted octanol–water partition coefficient (Wildman–Crippen LogP) is 6.39. The van der Waals surface area contributed by atoms with Crippen LogP contribution >= 0.6 is 0 Å². The van der Waals surface area contributed by atoms with Gasteiger partial charge in [0.15, 0.2) is 0 Å². The predicted molar refractivity (Wildman–Crippen MR) is 135 cm³/mol. The van der Waals surface area contributed by atoms with Gasteiger partial charge in [-0.25, -0.2) is 27.8 Å². The van der Waals surface area contributed by atoms with Crippen molar-refractivity contribution >= 4 is 32.7 Å². The number of pyridine rings is 1. The summed E-state index contributed by atoms with van der Waals surface area (Å²) in [7, 11) is -4.38. The van der Waals surface area contributed by atoms with E-state index in [1.165, 1.54) is 31.4 Å². The van der Waals surface area contributed by atoms with E-state index < -0.39 is 39.9 Å². The molecule has 0 saturated heterocycles. The van der Waals surface area contributed by atoms with Gasteiger partial charge in [-0.3, -0.25) is 4.72 Å². The van der Waals surface area contributed by atoms with Crippen molar-refractivity contribution in [2.75, 3.05) is 15.8 Å². The molecule has 2 aromatic heterocycles. The molecule has 0 bridgehead atoms. The first-order valence-electron chi connectivity index (χ1n) is 12.2. The van der Waals surface area contributed by atoms with Crippen molar-refractivity contribution in [2.45, 2.75) is 70.5 Å². The van der Waals surface area contributed by atoms with Crippen molar-refractivity contribution in [3.63, 3.8) is 0 Å². The summed E-state index contributed by atoms with van der Waals surface area (Å²) < 4.78 is 77.8. The quantitative estimate of drug-likeness (QED) is 0.322. The Labute approximate surface area is 213 Å². The van der Waals surface area contributed by atoms with E-state index in [0.29, 0.717) is 34.3 Å². The molecular weight excluding hydrogens is 510 g/mol. The molecule has 12 heteroatoms. The molecule has 2 heterocycles. The van der Waals surface area contributed by atoms with Crippen LogP contribution in [0.2, 0.25) is 0 Å². The Morgan fingerprint density at radius 3 is 2.46 bits per heavy atom. The van der Waals surface area contributed by atoms with Gasteiger partial charge in [-0.05, 0) is 42.5 Å². The number of aromatic nitrogens is 3. The van der Waals surface area contributed by atoms with Crippen LogP contribution in [0.3, 0.4) is 0 Å². The van der Waals surface area contributed by atoms with Crippen molar-refractivity contribution < 1.29 is 26.0 Å². The van der Waals surface area contributed by atoms with Crippen molar-refractivity contribution in [1.82, 2.24) is 15.0 Å². The molecule has 0 atom stereocenters. The molecule has 37 heavy (non-hydrogen) atoms. The molecule has 0 aliphatic heterocycles. The standard InChI is InChI=1S/C25H29F4N5O2S/c1-15(2)18-13-21(32-22-14-30-24(33-23(18)22)31-17-6-4-3-5-7-17)16-8-9-20(19(26)12-16)34-37(35,36)11-10-25(27,28)29/h8-9,12-15,17,34H,3-7,10-11H2,1-2H3,(H,30,31,33). The average molecular weight is 540 g/mol. The first kappa shape index (κ1) is 27.0. The Kier molecular flexibility index (Phi) is 7.86. The van der Waals surface area contributed by atoms with Crippen LogP contribution in [-0.2, 0) is 10.0 Å². The number of benzene rings is 1. The van der Waals surface area contributed by atoms with Crippen LogP contribution in [0.15, 0.2) is 30.5 Å². The number of nitrogens with one attached hydrogen (secondary N) is 2. The zero-order chi connectivity index (χ0) is 26.8. The number of hydrogen-bond donors (Lipinski definition) is 2. The van der Waals surface area contributed by atoms with Gasteiger partial charge in [-0.1, -0.05) is 39.2 Å². The summed E-state index contributed by atoms with van der Waals surface area (Å²) in [5.74, 6) is -1.50. The summed E-state index contributed by atoms with van der Waals surface area (Å²) in [5.41, 5.74) is 2.51.